The summed E-state index contributed by atoms with van der Waals surface area (Å²) in [6, 6.07) is 3.59. The number of hydrogen-bond acceptors (Lipinski definition) is 3. The van der Waals surface area contributed by atoms with Crippen LogP contribution in [0.1, 0.15) is 37.8 Å². The molecule has 0 aliphatic heterocycles. The van der Waals surface area contributed by atoms with Gasteiger partial charge < -0.3 is 20.6 Å². The molecule has 5 heteroatoms. The van der Waals surface area contributed by atoms with Crippen LogP contribution >= 0.6 is 0 Å². The Morgan fingerprint density at radius 1 is 1.41 bits per heavy atom. The van der Waals surface area contributed by atoms with Gasteiger partial charge in [0.2, 0.25) is 0 Å². The second-order valence-electron chi connectivity index (χ2n) is 3.89. The summed E-state index contributed by atoms with van der Waals surface area (Å²) in [7, 11) is 0. The first-order chi connectivity index (χ1) is 8.04. The van der Waals surface area contributed by atoms with Crippen LogP contribution in [-0.2, 0) is 0 Å². The van der Waals surface area contributed by atoms with E-state index in [0.29, 0.717) is 12.0 Å². The maximum Gasteiger partial charge on any atom is 0.405 e. The Balaban J connectivity index is 2.93. The molecule has 0 aliphatic carbocycles. The second-order valence-corrected chi connectivity index (χ2v) is 3.89. The normalized spacial score (nSPS) is 12.1. The predicted molar refractivity (Wildman–Crippen MR) is 63.2 cm³/mol. The summed E-state index contributed by atoms with van der Waals surface area (Å²) in [4.78, 5) is 10.7. The number of phenols is 2. The summed E-state index contributed by atoms with van der Waals surface area (Å²) in [5, 5.41) is 30.1. The van der Waals surface area contributed by atoms with Crippen molar-refractivity contribution in [1.29, 1.82) is 0 Å². The largest absolute Gasteiger partial charge is 0.508 e. The second kappa shape index (κ2) is 5.98. The van der Waals surface area contributed by atoms with Crippen molar-refractivity contribution in [2.45, 2.75) is 32.2 Å². The fraction of sp³-hybridized carbons (Fsp3) is 0.417. The SMILES string of the molecule is CCCCC(NC(=O)O)c1cc(O)ccc1O. The van der Waals surface area contributed by atoms with E-state index >= 15 is 0 Å². The highest BCUT2D eigenvalue weighted by Crippen LogP contribution is 2.30. The standard InChI is InChI=1S/C12H17NO4/c1-2-3-4-10(13-12(16)17)9-7-8(14)5-6-11(9)15/h5-7,10,13-15H,2-4H2,1H3,(H,16,17). The highest BCUT2D eigenvalue weighted by Gasteiger charge is 2.17. The number of carbonyl (C=O) groups is 1. The van der Waals surface area contributed by atoms with Gasteiger partial charge in [0.1, 0.15) is 11.5 Å². The van der Waals surface area contributed by atoms with Crippen LogP contribution in [0.5, 0.6) is 11.5 Å². The number of nitrogens with one attached hydrogen (secondary N) is 1. The van der Waals surface area contributed by atoms with Crippen LogP contribution in [0.4, 0.5) is 4.79 Å². The van der Waals surface area contributed by atoms with Crippen molar-refractivity contribution in [3.8, 4) is 11.5 Å². The lowest BCUT2D eigenvalue weighted by Crippen LogP contribution is -2.26. The number of aromatic hydroxyl groups is 2. The van der Waals surface area contributed by atoms with Crippen molar-refractivity contribution in [3.05, 3.63) is 23.8 Å². The minimum Gasteiger partial charge on any atom is -0.508 e. The predicted octanol–water partition coefficient (Wildman–Crippen LogP) is 2.60. The van der Waals surface area contributed by atoms with Gasteiger partial charge in [-0.25, -0.2) is 4.79 Å². The van der Waals surface area contributed by atoms with Crippen molar-refractivity contribution in [1.82, 2.24) is 5.32 Å². The van der Waals surface area contributed by atoms with Crippen LogP contribution in [-0.4, -0.2) is 21.4 Å². The van der Waals surface area contributed by atoms with Gasteiger partial charge in [-0.15, -0.1) is 0 Å². The molecule has 0 aromatic heterocycles. The monoisotopic (exact) mass is 239 g/mol. The summed E-state index contributed by atoms with van der Waals surface area (Å²) in [6.07, 6.45) is 1.20. The average Bonchev–Trinajstić information content (AvgIpc) is 2.27. The van der Waals surface area contributed by atoms with E-state index in [9.17, 15) is 15.0 Å². The highest BCUT2D eigenvalue weighted by atomic mass is 16.4. The lowest BCUT2D eigenvalue weighted by molar-refractivity contribution is 0.188. The van der Waals surface area contributed by atoms with Gasteiger partial charge in [0.05, 0.1) is 6.04 Å². The van der Waals surface area contributed by atoms with Gasteiger partial charge in [0.25, 0.3) is 0 Å². The van der Waals surface area contributed by atoms with Crippen LogP contribution < -0.4 is 5.32 Å². The third-order valence-electron chi connectivity index (χ3n) is 2.53. The molecule has 0 saturated carbocycles. The molecule has 0 fully saturated rings. The molecule has 0 aliphatic rings. The smallest absolute Gasteiger partial charge is 0.405 e. The van der Waals surface area contributed by atoms with Gasteiger partial charge in [0, 0.05) is 5.56 Å². The van der Waals surface area contributed by atoms with Crippen LogP contribution in [0.2, 0.25) is 0 Å². The minimum absolute atomic E-state index is 0.00601. The van der Waals surface area contributed by atoms with Crippen molar-refractivity contribution in [3.63, 3.8) is 0 Å². The molecule has 0 saturated heterocycles. The maximum atomic E-state index is 10.7. The molecular formula is C12H17NO4. The Hall–Kier alpha value is -1.91. The van der Waals surface area contributed by atoms with Gasteiger partial charge >= 0.3 is 6.09 Å². The van der Waals surface area contributed by atoms with Gasteiger partial charge in [0.15, 0.2) is 0 Å². The van der Waals surface area contributed by atoms with E-state index in [1.807, 2.05) is 6.92 Å². The van der Waals surface area contributed by atoms with Crippen LogP contribution in [0.25, 0.3) is 0 Å². The molecule has 1 aromatic carbocycles. The zero-order valence-electron chi connectivity index (χ0n) is 9.68. The van der Waals surface area contributed by atoms with Gasteiger partial charge in [-0.1, -0.05) is 19.8 Å². The highest BCUT2D eigenvalue weighted by molar-refractivity contribution is 5.65. The Bertz CT molecular complexity index is 392. The first-order valence-corrected chi connectivity index (χ1v) is 5.56. The third kappa shape index (κ3) is 3.86. The Labute approximate surface area is 99.7 Å². The molecule has 17 heavy (non-hydrogen) atoms. The molecule has 5 nitrogen and oxygen atoms in total. The fourth-order valence-corrected chi connectivity index (χ4v) is 1.68. The van der Waals surface area contributed by atoms with Crippen LogP contribution in [0.3, 0.4) is 0 Å². The molecule has 1 atom stereocenters. The number of phenolic OH excluding ortho intramolecular Hbond substituents is 2. The summed E-state index contributed by atoms with van der Waals surface area (Å²) in [5.41, 5.74) is 0.404. The summed E-state index contributed by atoms with van der Waals surface area (Å²) < 4.78 is 0. The minimum atomic E-state index is -1.14. The average molecular weight is 239 g/mol. The van der Waals surface area contributed by atoms with Gasteiger partial charge in [-0.2, -0.15) is 0 Å². The zero-order valence-corrected chi connectivity index (χ0v) is 9.68. The van der Waals surface area contributed by atoms with Crippen molar-refractivity contribution in [2.24, 2.45) is 0 Å². The summed E-state index contributed by atoms with van der Waals surface area (Å²) in [6.45, 7) is 2.00. The molecule has 0 heterocycles. The lowest BCUT2D eigenvalue weighted by atomic mass is 10.00. The van der Waals surface area contributed by atoms with E-state index in [1.165, 1.54) is 18.2 Å². The number of rotatable bonds is 5. The Morgan fingerprint density at radius 3 is 2.71 bits per heavy atom. The zero-order chi connectivity index (χ0) is 12.8. The summed E-state index contributed by atoms with van der Waals surface area (Å²) >= 11 is 0. The molecule has 0 radical (unpaired) electrons. The number of unbranched alkanes of at least 4 members (excludes halogenated alkanes) is 1. The maximum absolute atomic E-state index is 10.7. The molecule has 94 valence electrons. The fourth-order valence-electron chi connectivity index (χ4n) is 1.68. The quantitative estimate of drug-likeness (QED) is 0.594. The van der Waals surface area contributed by atoms with Crippen molar-refractivity contribution < 1.29 is 20.1 Å². The molecule has 1 aromatic rings. The van der Waals surface area contributed by atoms with Crippen LogP contribution in [0.15, 0.2) is 18.2 Å². The summed E-state index contributed by atoms with van der Waals surface area (Å²) in [5.74, 6) is -0.0101. The van der Waals surface area contributed by atoms with E-state index in [1.54, 1.807) is 0 Å². The van der Waals surface area contributed by atoms with Gasteiger partial charge in [-0.3, -0.25) is 0 Å². The van der Waals surface area contributed by atoms with Crippen molar-refractivity contribution in [2.75, 3.05) is 0 Å². The Morgan fingerprint density at radius 2 is 2.12 bits per heavy atom. The number of amides is 1. The van der Waals surface area contributed by atoms with Crippen LogP contribution in [0, 0.1) is 0 Å². The van der Waals surface area contributed by atoms with E-state index in [-0.39, 0.29) is 11.5 Å². The molecule has 4 N–H and O–H groups in total. The molecular weight excluding hydrogens is 222 g/mol. The Kier molecular flexibility index (Phi) is 4.63. The van der Waals surface area contributed by atoms with E-state index in [2.05, 4.69) is 5.32 Å². The number of benzene rings is 1. The molecule has 0 bridgehead atoms. The molecule has 1 rings (SSSR count). The van der Waals surface area contributed by atoms with E-state index in [0.717, 1.165) is 12.8 Å². The molecule has 1 amide bonds. The number of hydrogen-bond donors (Lipinski definition) is 4. The molecule has 1 unspecified atom stereocenters. The molecule has 0 spiro atoms. The number of carboxylic acid groups (broad SMARTS) is 1. The van der Waals surface area contributed by atoms with Crippen molar-refractivity contribution >= 4 is 6.09 Å². The first-order valence-electron chi connectivity index (χ1n) is 5.56. The first kappa shape index (κ1) is 13.2. The lowest BCUT2D eigenvalue weighted by Gasteiger charge is -2.18. The van der Waals surface area contributed by atoms with E-state index < -0.39 is 12.1 Å². The van der Waals surface area contributed by atoms with Gasteiger partial charge in [-0.05, 0) is 24.6 Å². The van der Waals surface area contributed by atoms with E-state index in [4.69, 9.17) is 5.11 Å². The topological polar surface area (TPSA) is 89.8 Å². The third-order valence-corrected chi connectivity index (χ3v) is 2.53.